The minimum Gasteiger partial charge on any atom is -0.255 e. The molecule has 4 heterocycles. The zero-order chi connectivity index (χ0) is 37.3. The van der Waals surface area contributed by atoms with Crippen LogP contribution in [0.25, 0.3) is 100 Å². The molecule has 0 aliphatic carbocycles. The fraction of sp³-hybridized carbons (Fsp3) is 0. The van der Waals surface area contributed by atoms with Crippen molar-refractivity contribution in [3.63, 3.8) is 0 Å². The van der Waals surface area contributed by atoms with Crippen LogP contribution in [0.2, 0.25) is 0 Å². The van der Waals surface area contributed by atoms with Crippen LogP contribution < -0.4 is 0 Å². The Kier molecular flexibility index (Phi) is 8.47. The molecule has 56 heavy (non-hydrogen) atoms. The van der Waals surface area contributed by atoms with Crippen LogP contribution >= 0.6 is 0 Å². The lowest BCUT2D eigenvalue weighted by Crippen LogP contribution is -1.94. The van der Waals surface area contributed by atoms with Gasteiger partial charge in [-0.15, -0.1) is 0 Å². The summed E-state index contributed by atoms with van der Waals surface area (Å²) in [5, 5.41) is 3.52. The Morgan fingerprint density at radius 1 is 0.286 bits per heavy atom. The average Bonchev–Trinajstić information content (AvgIpc) is 3.29. The van der Waals surface area contributed by atoms with Crippen LogP contribution in [-0.4, -0.2) is 19.9 Å². The monoisotopic (exact) mass is 714 g/mol. The zero-order valence-electron chi connectivity index (χ0n) is 30.4. The third kappa shape index (κ3) is 6.29. The molecule has 0 atom stereocenters. The normalized spacial score (nSPS) is 11.2. The third-order valence-corrected chi connectivity index (χ3v) is 10.4. The first kappa shape index (κ1) is 33.0. The number of hydrogen-bond donors (Lipinski definition) is 0. The molecule has 6 aromatic carbocycles. The van der Waals surface area contributed by atoms with Gasteiger partial charge in [-0.25, -0.2) is 9.97 Å². The summed E-state index contributed by atoms with van der Waals surface area (Å²) in [4.78, 5) is 19.4. The summed E-state index contributed by atoms with van der Waals surface area (Å²) < 4.78 is 0. The van der Waals surface area contributed by atoms with Crippen molar-refractivity contribution in [2.45, 2.75) is 0 Å². The summed E-state index contributed by atoms with van der Waals surface area (Å²) >= 11 is 0. The molecular formula is C52H34N4. The first-order chi connectivity index (χ1) is 27.7. The second-order valence-corrected chi connectivity index (χ2v) is 13.9. The smallest absolute Gasteiger partial charge is 0.0900 e. The molecule has 10 rings (SSSR count). The Balaban J connectivity index is 0.995. The molecule has 4 heteroatoms. The lowest BCUT2D eigenvalue weighted by molar-refractivity contribution is 1.22. The maximum atomic E-state index is 5.33. The van der Waals surface area contributed by atoms with Gasteiger partial charge in [-0.2, -0.15) is 0 Å². The number of benzene rings is 6. The van der Waals surface area contributed by atoms with Gasteiger partial charge >= 0.3 is 0 Å². The molecule has 0 saturated heterocycles. The number of pyridine rings is 4. The predicted molar refractivity (Wildman–Crippen MR) is 231 cm³/mol. The van der Waals surface area contributed by atoms with Gasteiger partial charge in [-0.3, -0.25) is 9.97 Å². The van der Waals surface area contributed by atoms with E-state index in [-0.39, 0.29) is 0 Å². The summed E-state index contributed by atoms with van der Waals surface area (Å²) in [5.41, 5.74) is 15.5. The Morgan fingerprint density at radius 3 is 1.38 bits per heavy atom. The SMILES string of the molecule is c1ccc(-c2nc3cc(-c4ccc(-c5ccc(-c6cc(-c7ccccn7)nc(-c7ccccn7)c6)cc5)cc4)ccc3c3c(-c4ccccc4)cccc23)cc1. The molecule has 0 N–H and O–H groups in total. The minimum absolute atomic E-state index is 0.813. The van der Waals surface area contributed by atoms with Gasteiger partial charge in [0.2, 0.25) is 0 Å². The average molecular weight is 715 g/mol. The molecule has 4 nitrogen and oxygen atoms in total. The number of aromatic nitrogens is 4. The Morgan fingerprint density at radius 2 is 0.804 bits per heavy atom. The van der Waals surface area contributed by atoms with E-state index in [1.165, 1.54) is 16.5 Å². The molecule has 0 amide bonds. The van der Waals surface area contributed by atoms with E-state index < -0.39 is 0 Å². The van der Waals surface area contributed by atoms with Crippen molar-refractivity contribution in [3.8, 4) is 78.5 Å². The Bertz CT molecular complexity index is 2910. The van der Waals surface area contributed by atoms with E-state index in [1.54, 1.807) is 12.4 Å². The van der Waals surface area contributed by atoms with Crippen molar-refractivity contribution in [1.29, 1.82) is 0 Å². The molecule has 0 radical (unpaired) electrons. The van der Waals surface area contributed by atoms with Crippen molar-refractivity contribution in [3.05, 3.63) is 207 Å². The second kappa shape index (κ2) is 14.3. The Hall–Kier alpha value is -7.56. The largest absolute Gasteiger partial charge is 0.255 e. The molecule has 262 valence electrons. The van der Waals surface area contributed by atoms with E-state index in [2.05, 4.69) is 168 Å². The van der Waals surface area contributed by atoms with E-state index in [1.807, 2.05) is 36.4 Å². The maximum Gasteiger partial charge on any atom is 0.0900 e. The number of hydrogen-bond acceptors (Lipinski definition) is 4. The van der Waals surface area contributed by atoms with Gasteiger partial charge in [0.1, 0.15) is 0 Å². The standard InChI is InChI=1S/C52H34N4/c1-3-12-39(13-4-1)43-16-11-17-45-51(43)44-29-28-41(32-48(44)56-52(45)40-14-5-2-6-15-40)37-24-20-35(21-25-37)36-22-26-38(27-23-36)42-33-49(46-18-7-9-30-53-46)55-50(34-42)47-19-8-10-31-54-47/h1-34H. The summed E-state index contributed by atoms with van der Waals surface area (Å²) in [7, 11) is 0. The van der Waals surface area contributed by atoms with Crippen LogP contribution in [-0.2, 0) is 0 Å². The van der Waals surface area contributed by atoms with E-state index in [4.69, 9.17) is 9.97 Å². The highest BCUT2D eigenvalue weighted by atomic mass is 14.8. The molecule has 10 aromatic rings. The van der Waals surface area contributed by atoms with Crippen molar-refractivity contribution >= 4 is 21.7 Å². The number of rotatable bonds is 7. The maximum absolute atomic E-state index is 5.33. The van der Waals surface area contributed by atoms with Crippen LogP contribution in [0.3, 0.4) is 0 Å². The quantitative estimate of drug-likeness (QED) is 0.154. The molecule has 0 saturated carbocycles. The highest BCUT2D eigenvalue weighted by molar-refractivity contribution is 6.17. The fourth-order valence-corrected chi connectivity index (χ4v) is 7.61. The molecule has 0 fully saturated rings. The highest BCUT2D eigenvalue weighted by Gasteiger charge is 2.16. The van der Waals surface area contributed by atoms with Gasteiger partial charge in [0.05, 0.1) is 34.0 Å². The van der Waals surface area contributed by atoms with Crippen LogP contribution in [0.5, 0.6) is 0 Å². The van der Waals surface area contributed by atoms with Crippen molar-refractivity contribution in [2.75, 3.05) is 0 Å². The molecule has 0 unspecified atom stereocenters. The molecular weight excluding hydrogens is 681 g/mol. The van der Waals surface area contributed by atoms with Gasteiger partial charge in [0.25, 0.3) is 0 Å². The van der Waals surface area contributed by atoms with Crippen LogP contribution in [0.1, 0.15) is 0 Å². The zero-order valence-corrected chi connectivity index (χ0v) is 30.4. The van der Waals surface area contributed by atoms with Crippen molar-refractivity contribution in [2.24, 2.45) is 0 Å². The van der Waals surface area contributed by atoms with E-state index in [0.29, 0.717) is 0 Å². The van der Waals surface area contributed by atoms with Crippen LogP contribution in [0.15, 0.2) is 207 Å². The van der Waals surface area contributed by atoms with Gasteiger partial charge in [-0.05, 0) is 87.0 Å². The molecule has 0 spiro atoms. The predicted octanol–water partition coefficient (Wildman–Crippen LogP) is 13.2. The van der Waals surface area contributed by atoms with Gasteiger partial charge < -0.3 is 0 Å². The number of nitrogens with zero attached hydrogens (tertiary/aromatic N) is 4. The summed E-state index contributed by atoms with van der Waals surface area (Å²) in [5.74, 6) is 0. The lowest BCUT2D eigenvalue weighted by atomic mass is 9.92. The summed E-state index contributed by atoms with van der Waals surface area (Å²) in [6, 6.07) is 68.0. The van der Waals surface area contributed by atoms with Crippen LogP contribution in [0, 0.1) is 0 Å². The molecule has 0 aliphatic rings. The van der Waals surface area contributed by atoms with E-state index >= 15 is 0 Å². The van der Waals surface area contributed by atoms with Gasteiger partial charge in [-0.1, -0.05) is 152 Å². The Labute approximate surface area is 325 Å². The van der Waals surface area contributed by atoms with Crippen LogP contribution in [0.4, 0.5) is 0 Å². The molecule has 0 aliphatic heterocycles. The molecule has 4 aromatic heterocycles. The minimum atomic E-state index is 0.813. The van der Waals surface area contributed by atoms with Gasteiger partial charge in [0.15, 0.2) is 0 Å². The van der Waals surface area contributed by atoms with Crippen molar-refractivity contribution < 1.29 is 0 Å². The fourth-order valence-electron chi connectivity index (χ4n) is 7.61. The topological polar surface area (TPSA) is 51.6 Å². The first-order valence-corrected chi connectivity index (χ1v) is 18.8. The third-order valence-electron chi connectivity index (χ3n) is 10.4. The summed E-state index contributed by atoms with van der Waals surface area (Å²) in [6.07, 6.45) is 3.60. The van der Waals surface area contributed by atoms with E-state index in [9.17, 15) is 0 Å². The first-order valence-electron chi connectivity index (χ1n) is 18.8. The van der Waals surface area contributed by atoms with Gasteiger partial charge in [0, 0.05) is 34.1 Å². The molecule has 0 bridgehead atoms. The van der Waals surface area contributed by atoms with E-state index in [0.717, 1.165) is 83.7 Å². The highest BCUT2D eigenvalue weighted by Crippen LogP contribution is 2.40. The second-order valence-electron chi connectivity index (χ2n) is 13.9. The summed E-state index contributed by atoms with van der Waals surface area (Å²) in [6.45, 7) is 0. The van der Waals surface area contributed by atoms with Crippen molar-refractivity contribution in [1.82, 2.24) is 19.9 Å². The lowest BCUT2D eigenvalue weighted by Gasteiger charge is -2.15. The number of fused-ring (bicyclic) bond motifs is 3.